The Morgan fingerprint density at radius 3 is 0.587 bits per heavy atom. The van der Waals surface area contributed by atoms with Crippen LogP contribution in [0, 0.1) is 0 Å². The lowest BCUT2D eigenvalue weighted by Gasteiger charge is -2.09. The zero-order chi connectivity index (χ0) is 32.3. The molecule has 0 saturated heterocycles. The molecule has 12 heteroatoms. The summed E-state index contributed by atoms with van der Waals surface area (Å²) in [6.45, 7) is 11.4. The van der Waals surface area contributed by atoms with Crippen molar-refractivity contribution in [3.8, 4) is 11.5 Å². The Hall–Kier alpha value is -2.36. The van der Waals surface area contributed by atoms with E-state index in [4.69, 9.17) is 56.8 Å². The van der Waals surface area contributed by atoms with Gasteiger partial charge in [-0.15, -0.1) is 0 Å². The Labute approximate surface area is 274 Å². The van der Waals surface area contributed by atoms with Gasteiger partial charge >= 0.3 is 0 Å². The fourth-order valence-electron chi connectivity index (χ4n) is 3.55. The predicted octanol–water partition coefficient (Wildman–Crippen LogP) is 3.31. The fourth-order valence-corrected chi connectivity index (χ4v) is 3.55. The van der Waals surface area contributed by atoms with E-state index in [9.17, 15) is 0 Å². The standard InChI is InChI=1S/C34H54O12/c1-3-7-33(8-4-1)45-31-29-43-27-25-41-23-21-39-19-17-37-15-13-35-11-12-36-14-16-38-18-20-40-22-24-42-26-28-44-30-32-46-34-9-5-2-6-10-34/h1-10H,11-32H2. The minimum absolute atomic E-state index is 0.510. The molecule has 0 aliphatic heterocycles. The van der Waals surface area contributed by atoms with Gasteiger partial charge in [-0.3, -0.25) is 0 Å². The molecule has 0 amide bonds. The molecule has 0 N–H and O–H groups in total. The van der Waals surface area contributed by atoms with Crippen LogP contribution in [0.3, 0.4) is 0 Å². The minimum atomic E-state index is 0.510. The number of ether oxygens (including phenoxy) is 12. The molecule has 0 radical (unpaired) electrons. The Kier molecular flexibility index (Phi) is 28.2. The number of hydrogen-bond donors (Lipinski definition) is 0. The fraction of sp³-hybridized carbons (Fsp3) is 0.647. The Balaban J connectivity index is 1.13. The van der Waals surface area contributed by atoms with E-state index in [1.54, 1.807) is 0 Å². The van der Waals surface area contributed by atoms with Crippen LogP contribution in [-0.4, -0.2) is 145 Å². The summed E-state index contributed by atoms with van der Waals surface area (Å²) in [7, 11) is 0. The lowest BCUT2D eigenvalue weighted by atomic mass is 10.3. The first kappa shape index (κ1) is 39.8. The Bertz CT molecular complexity index is 790. The van der Waals surface area contributed by atoms with Gasteiger partial charge in [-0.25, -0.2) is 0 Å². The topological polar surface area (TPSA) is 111 Å². The van der Waals surface area contributed by atoms with Crippen molar-refractivity contribution in [2.75, 3.05) is 145 Å². The summed E-state index contributed by atoms with van der Waals surface area (Å²) in [6.07, 6.45) is 0. The molecule has 2 aromatic rings. The van der Waals surface area contributed by atoms with Gasteiger partial charge in [0.2, 0.25) is 0 Å². The third kappa shape index (κ3) is 26.8. The minimum Gasteiger partial charge on any atom is -0.491 e. The van der Waals surface area contributed by atoms with Crippen molar-refractivity contribution >= 4 is 0 Å². The van der Waals surface area contributed by atoms with Crippen LogP contribution in [0.25, 0.3) is 0 Å². The highest BCUT2D eigenvalue weighted by molar-refractivity contribution is 5.21. The molecule has 0 saturated carbocycles. The van der Waals surface area contributed by atoms with Crippen LogP contribution in [0.15, 0.2) is 60.7 Å². The molecule has 0 aliphatic rings. The highest BCUT2D eigenvalue weighted by Gasteiger charge is 1.97. The lowest BCUT2D eigenvalue weighted by Crippen LogP contribution is -2.15. The molecule has 0 fully saturated rings. The van der Waals surface area contributed by atoms with E-state index in [1.807, 2.05) is 60.7 Å². The Morgan fingerprint density at radius 1 is 0.217 bits per heavy atom. The van der Waals surface area contributed by atoms with Crippen molar-refractivity contribution in [1.29, 1.82) is 0 Å². The zero-order valence-corrected chi connectivity index (χ0v) is 27.2. The maximum atomic E-state index is 5.55. The molecular weight excluding hydrogens is 600 g/mol. The Morgan fingerprint density at radius 2 is 0.391 bits per heavy atom. The monoisotopic (exact) mass is 654 g/mol. The first-order valence-electron chi connectivity index (χ1n) is 16.1. The highest BCUT2D eigenvalue weighted by atomic mass is 16.6. The third-order valence-corrected chi connectivity index (χ3v) is 5.83. The summed E-state index contributed by atoms with van der Waals surface area (Å²) in [5.74, 6) is 1.69. The molecule has 0 heterocycles. The van der Waals surface area contributed by atoms with E-state index >= 15 is 0 Å². The average Bonchev–Trinajstić information content (AvgIpc) is 3.09. The van der Waals surface area contributed by atoms with Crippen LogP contribution in [0.2, 0.25) is 0 Å². The van der Waals surface area contributed by atoms with Crippen LogP contribution in [0.5, 0.6) is 11.5 Å². The lowest BCUT2D eigenvalue weighted by molar-refractivity contribution is -0.0269. The average molecular weight is 655 g/mol. The SMILES string of the molecule is c1ccc(OCCOCCOCCOCCOCCOCCOCCOCCOCCOCCOCCOc2ccccc2)cc1. The van der Waals surface area contributed by atoms with Crippen LogP contribution >= 0.6 is 0 Å². The van der Waals surface area contributed by atoms with Crippen molar-refractivity contribution in [2.24, 2.45) is 0 Å². The van der Waals surface area contributed by atoms with Crippen molar-refractivity contribution in [2.45, 2.75) is 0 Å². The second-order valence-electron chi connectivity index (χ2n) is 9.45. The highest BCUT2D eigenvalue weighted by Crippen LogP contribution is 2.08. The van der Waals surface area contributed by atoms with E-state index in [-0.39, 0.29) is 0 Å². The van der Waals surface area contributed by atoms with Gasteiger partial charge in [-0.2, -0.15) is 0 Å². The van der Waals surface area contributed by atoms with Gasteiger partial charge in [0.05, 0.1) is 132 Å². The van der Waals surface area contributed by atoms with Crippen molar-refractivity contribution in [3.05, 3.63) is 60.7 Å². The van der Waals surface area contributed by atoms with Gasteiger partial charge in [0, 0.05) is 0 Å². The van der Waals surface area contributed by atoms with E-state index < -0.39 is 0 Å². The molecule has 0 bridgehead atoms. The zero-order valence-electron chi connectivity index (χ0n) is 27.2. The first-order chi connectivity index (χ1) is 22.9. The normalized spacial score (nSPS) is 11.2. The van der Waals surface area contributed by atoms with E-state index in [0.717, 1.165) is 11.5 Å². The van der Waals surface area contributed by atoms with Gasteiger partial charge in [0.25, 0.3) is 0 Å². The summed E-state index contributed by atoms with van der Waals surface area (Å²) in [4.78, 5) is 0. The van der Waals surface area contributed by atoms with E-state index in [2.05, 4.69) is 0 Å². The van der Waals surface area contributed by atoms with Gasteiger partial charge in [0.1, 0.15) is 24.7 Å². The number of benzene rings is 2. The van der Waals surface area contributed by atoms with Crippen molar-refractivity contribution < 1.29 is 56.8 Å². The maximum absolute atomic E-state index is 5.55. The molecule has 0 atom stereocenters. The number of hydrogen-bond acceptors (Lipinski definition) is 12. The van der Waals surface area contributed by atoms with Gasteiger partial charge in [-0.1, -0.05) is 36.4 Å². The molecule has 0 aliphatic carbocycles. The largest absolute Gasteiger partial charge is 0.491 e. The van der Waals surface area contributed by atoms with E-state index in [1.165, 1.54) is 0 Å². The van der Waals surface area contributed by atoms with Crippen molar-refractivity contribution in [1.82, 2.24) is 0 Å². The molecule has 2 rings (SSSR count). The molecule has 0 unspecified atom stereocenters. The van der Waals surface area contributed by atoms with E-state index in [0.29, 0.717) is 145 Å². The molecule has 46 heavy (non-hydrogen) atoms. The van der Waals surface area contributed by atoms with Gasteiger partial charge in [-0.05, 0) is 24.3 Å². The van der Waals surface area contributed by atoms with Crippen LogP contribution < -0.4 is 9.47 Å². The summed E-state index contributed by atoms with van der Waals surface area (Å²) in [5.41, 5.74) is 0. The summed E-state index contributed by atoms with van der Waals surface area (Å²) < 4.78 is 65.9. The van der Waals surface area contributed by atoms with Gasteiger partial charge in [0.15, 0.2) is 0 Å². The first-order valence-corrected chi connectivity index (χ1v) is 16.1. The molecule has 0 spiro atoms. The maximum Gasteiger partial charge on any atom is 0.119 e. The molecule has 12 nitrogen and oxygen atoms in total. The van der Waals surface area contributed by atoms with Gasteiger partial charge < -0.3 is 56.8 Å². The van der Waals surface area contributed by atoms with Crippen LogP contribution in [0.1, 0.15) is 0 Å². The third-order valence-electron chi connectivity index (χ3n) is 5.83. The van der Waals surface area contributed by atoms with Crippen LogP contribution in [0.4, 0.5) is 0 Å². The molecule has 2 aromatic carbocycles. The number of para-hydroxylation sites is 2. The summed E-state index contributed by atoms with van der Waals surface area (Å²) >= 11 is 0. The van der Waals surface area contributed by atoms with Crippen molar-refractivity contribution in [3.63, 3.8) is 0 Å². The number of rotatable bonds is 35. The smallest absolute Gasteiger partial charge is 0.119 e. The summed E-state index contributed by atoms with van der Waals surface area (Å²) in [5, 5.41) is 0. The second kappa shape index (κ2) is 32.6. The molecular formula is C34H54O12. The van der Waals surface area contributed by atoms with Crippen LogP contribution in [-0.2, 0) is 47.4 Å². The second-order valence-corrected chi connectivity index (χ2v) is 9.45. The predicted molar refractivity (Wildman–Crippen MR) is 172 cm³/mol. The molecule has 262 valence electrons. The quantitative estimate of drug-likeness (QED) is 0.102. The summed E-state index contributed by atoms with van der Waals surface area (Å²) in [6, 6.07) is 19.3. The molecule has 0 aromatic heterocycles.